The standard InChI is InChI=1S/C15H33N/c1-6-13(10-12-16)9-11-15(4,5)14(7-2)8-3/h13-14H,6-12,16H2,1-5H3. The van der Waals surface area contributed by atoms with Crippen molar-refractivity contribution in [1.29, 1.82) is 0 Å². The van der Waals surface area contributed by atoms with Gasteiger partial charge in [-0.25, -0.2) is 0 Å². The quantitative estimate of drug-likeness (QED) is 0.612. The smallest absolute Gasteiger partial charge is 0.00746 e. The zero-order valence-corrected chi connectivity index (χ0v) is 12.2. The van der Waals surface area contributed by atoms with Crippen LogP contribution in [0, 0.1) is 17.3 Å². The largest absolute Gasteiger partial charge is 0.330 e. The van der Waals surface area contributed by atoms with E-state index in [2.05, 4.69) is 34.6 Å². The highest BCUT2D eigenvalue weighted by Gasteiger charge is 2.27. The molecule has 1 heteroatoms. The lowest BCUT2D eigenvalue weighted by Gasteiger charge is -2.34. The fraction of sp³-hybridized carbons (Fsp3) is 1.00. The van der Waals surface area contributed by atoms with Gasteiger partial charge in [0.25, 0.3) is 0 Å². The van der Waals surface area contributed by atoms with E-state index < -0.39 is 0 Å². The summed E-state index contributed by atoms with van der Waals surface area (Å²) in [5.41, 5.74) is 6.16. The van der Waals surface area contributed by atoms with Gasteiger partial charge in [0, 0.05) is 0 Å². The molecule has 0 saturated heterocycles. The third-order valence-electron chi connectivity index (χ3n) is 4.44. The molecule has 0 spiro atoms. The second kappa shape index (κ2) is 8.11. The van der Waals surface area contributed by atoms with Gasteiger partial charge in [-0.2, -0.15) is 0 Å². The Morgan fingerprint density at radius 2 is 1.50 bits per heavy atom. The van der Waals surface area contributed by atoms with Crippen molar-refractivity contribution < 1.29 is 0 Å². The van der Waals surface area contributed by atoms with Gasteiger partial charge in [-0.15, -0.1) is 0 Å². The number of hydrogen-bond donors (Lipinski definition) is 1. The van der Waals surface area contributed by atoms with Gasteiger partial charge in [-0.3, -0.25) is 0 Å². The molecule has 0 amide bonds. The topological polar surface area (TPSA) is 26.0 Å². The lowest BCUT2D eigenvalue weighted by atomic mass is 9.71. The summed E-state index contributed by atoms with van der Waals surface area (Å²) in [6, 6.07) is 0. The van der Waals surface area contributed by atoms with E-state index in [0.717, 1.165) is 18.4 Å². The molecule has 0 aliphatic heterocycles. The van der Waals surface area contributed by atoms with Crippen LogP contribution in [0.1, 0.15) is 73.1 Å². The van der Waals surface area contributed by atoms with E-state index in [1.54, 1.807) is 0 Å². The van der Waals surface area contributed by atoms with Crippen LogP contribution in [0.2, 0.25) is 0 Å². The van der Waals surface area contributed by atoms with E-state index in [1.807, 2.05) is 0 Å². The predicted octanol–water partition coefficient (Wildman–Crippen LogP) is 4.60. The summed E-state index contributed by atoms with van der Waals surface area (Å²) in [5, 5.41) is 0. The Labute approximate surface area is 103 Å². The van der Waals surface area contributed by atoms with E-state index in [1.165, 1.54) is 38.5 Å². The molecule has 0 aromatic carbocycles. The molecule has 1 unspecified atom stereocenters. The molecule has 0 fully saturated rings. The monoisotopic (exact) mass is 227 g/mol. The molecule has 0 heterocycles. The summed E-state index contributed by atoms with van der Waals surface area (Å²) in [5.74, 6) is 1.72. The van der Waals surface area contributed by atoms with Gasteiger partial charge in [-0.05, 0) is 43.1 Å². The SMILES string of the molecule is CCC(CCN)CCC(C)(C)C(CC)CC. The first-order valence-corrected chi connectivity index (χ1v) is 7.21. The van der Waals surface area contributed by atoms with Gasteiger partial charge in [-0.1, -0.05) is 53.9 Å². The van der Waals surface area contributed by atoms with Crippen LogP contribution >= 0.6 is 0 Å². The van der Waals surface area contributed by atoms with Crippen LogP contribution in [0.3, 0.4) is 0 Å². The van der Waals surface area contributed by atoms with E-state index >= 15 is 0 Å². The Bertz CT molecular complexity index is 159. The molecule has 98 valence electrons. The minimum Gasteiger partial charge on any atom is -0.330 e. The number of hydrogen-bond acceptors (Lipinski definition) is 1. The van der Waals surface area contributed by atoms with E-state index in [4.69, 9.17) is 5.73 Å². The molecule has 0 aromatic rings. The fourth-order valence-corrected chi connectivity index (χ4v) is 2.96. The van der Waals surface area contributed by atoms with Crippen molar-refractivity contribution >= 4 is 0 Å². The van der Waals surface area contributed by atoms with Crippen molar-refractivity contribution in [3.05, 3.63) is 0 Å². The Kier molecular flexibility index (Phi) is 8.09. The molecule has 1 atom stereocenters. The van der Waals surface area contributed by atoms with Crippen LogP contribution in [0.25, 0.3) is 0 Å². The molecule has 0 bridgehead atoms. The molecule has 0 aromatic heterocycles. The normalized spacial score (nSPS) is 14.4. The average Bonchev–Trinajstić information content (AvgIpc) is 2.25. The van der Waals surface area contributed by atoms with Gasteiger partial charge >= 0.3 is 0 Å². The Balaban J connectivity index is 4.13. The Hall–Kier alpha value is -0.0400. The van der Waals surface area contributed by atoms with Gasteiger partial charge < -0.3 is 5.73 Å². The second-order valence-electron chi connectivity index (χ2n) is 5.89. The lowest BCUT2D eigenvalue weighted by molar-refractivity contribution is 0.165. The fourth-order valence-electron chi connectivity index (χ4n) is 2.96. The van der Waals surface area contributed by atoms with Crippen LogP contribution < -0.4 is 5.73 Å². The summed E-state index contributed by atoms with van der Waals surface area (Å²) in [6.45, 7) is 12.7. The number of nitrogens with two attached hydrogens (primary N) is 1. The summed E-state index contributed by atoms with van der Waals surface area (Å²) < 4.78 is 0. The Morgan fingerprint density at radius 3 is 1.88 bits per heavy atom. The summed E-state index contributed by atoms with van der Waals surface area (Å²) >= 11 is 0. The molecule has 0 aliphatic carbocycles. The zero-order chi connectivity index (χ0) is 12.6. The van der Waals surface area contributed by atoms with Crippen LogP contribution in [-0.2, 0) is 0 Å². The molecule has 1 nitrogen and oxygen atoms in total. The van der Waals surface area contributed by atoms with Gasteiger partial charge in [0.05, 0.1) is 0 Å². The molecule has 2 N–H and O–H groups in total. The van der Waals surface area contributed by atoms with Crippen LogP contribution in [0.15, 0.2) is 0 Å². The van der Waals surface area contributed by atoms with Crippen molar-refractivity contribution in [2.75, 3.05) is 6.54 Å². The van der Waals surface area contributed by atoms with Crippen LogP contribution in [0.5, 0.6) is 0 Å². The maximum absolute atomic E-state index is 5.66. The van der Waals surface area contributed by atoms with E-state index in [9.17, 15) is 0 Å². The molecule has 16 heavy (non-hydrogen) atoms. The summed E-state index contributed by atoms with van der Waals surface area (Å²) in [4.78, 5) is 0. The van der Waals surface area contributed by atoms with E-state index in [0.29, 0.717) is 5.41 Å². The van der Waals surface area contributed by atoms with E-state index in [-0.39, 0.29) is 0 Å². The van der Waals surface area contributed by atoms with Crippen molar-refractivity contribution in [2.45, 2.75) is 73.1 Å². The molecule has 0 saturated carbocycles. The third-order valence-corrected chi connectivity index (χ3v) is 4.44. The summed E-state index contributed by atoms with van der Waals surface area (Å²) in [7, 11) is 0. The highest BCUT2D eigenvalue weighted by atomic mass is 14.5. The van der Waals surface area contributed by atoms with Gasteiger partial charge in [0.2, 0.25) is 0 Å². The first-order chi connectivity index (χ1) is 7.51. The van der Waals surface area contributed by atoms with Crippen LogP contribution in [0.4, 0.5) is 0 Å². The minimum absolute atomic E-state index is 0.505. The summed E-state index contributed by atoms with van der Waals surface area (Å²) in [6.07, 6.45) is 7.84. The predicted molar refractivity (Wildman–Crippen MR) is 74.5 cm³/mol. The maximum Gasteiger partial charge on any atom is -0.00746 e. The van der Waals surface area contributed by atoms with Crippen molar-refractivity contribution in [3.63, 3.8) is 0 Å². The van der Waals surface area contributed by atoms with Gasteiger partial charge in [0.1, 0.15) is 0 Å². The average molecular weight is 227 g/mol. The van der Waals surface area contributed by atoms with Crippen LogP contribution in [-0.4, -0.2) is 6.54 Å². The maximum atomic E-state index is 5.66. The van der Waals surface area contributed by atoms with Gasteiger partial charge in [0.15, 0.2) is 0 Å². The molecular weight excluding hydrogens is 194 g/mol. The first-order valence-electron chi connectivity index (χ1n) is 7.21. The minimum atomic E-state index is 0.505. The van der Waals surface area contributed by atoms with Crippen molar-refractivity contribution in [3.8, 4) is 0 Å². The molecular formula is C15H33N. The highest BCUT2D eigenvalue weighted by molar-refractivity contribution is 4.78. The number of rotatable bonds is 9. The molecule has 0 aliphatic rings. The van der Waals surface area contributed by atoms with Crippen molar-refractivity contribution in [2.24, 2.45) is 23.0 Å². The highest BCUT2D eigenvalue weighted by Crippen LogP contribution is 2.37. The lowest BCUT2D eigenvalue weighted by Crippen LogP contribution is -2.24. The third kappa shape index (κ3) is 5.34. The Morgan fingerprint density at radius 1 is 0.938 bits per heavy atom. The van der Waals surface area contributed by atoms with Crippen molar-refractivity contribution in [1.82, 2.24) is 0 Å². The first kappa shape index (κ1) is 16.0. The second-order valence-corrected chi connectivity index (χ2v) is 5.89. The molecule has 0 rings (SSSR count). The zero-order valence-electron chi connectivity index (χ0n) is 12.2. The molecule has 0 radical (unpaired) electrons.